The molecular formula is C27H30O9S. The number of rotatable bonds is 14. The van der Waals surface area contributed by atoms with E-state index in [0.29, 0.717) is 10.8 Å². The lowest BCUT2D eigenvalue weighted by molar-refractivity contribution is -0.188. The molecule has 1 N–H and O–H groups in total. The smallest absolute Gasteiger partial charge is 0.338 e. The van der Waals surface area contributed by atoms with Crippen LogP contribution in [0.5, 0.6) is 0 Å². The van der Waals surface area contributed by atoms with Crippen molar-refractivity contribution in [2.24, 2.45) is 0 Å². The number of benzene rings is 2. The van der Waals surface area contributed by atoms with E-state index in [4.69, 9.17) is 28.8 Å². The number of carbonyl (C=O) groups is 2. The Balaban J connectivity index is 1.66. The van der Waals surface area contributed by atoms with Gasteiger partial charge in [0.25, 0.3) is 0 Å². The Labute approximate surface area is 218 Å². The van der Waals surface area contributed by atoms with Crippen molar-refractivity contribution in [3.8, 4) is 0 Å². The fraction of sp³-hybridized carbons (Fsp3) is 0.370. The second kappa shape index (κ2) is 14.0. The van der Waals surface area contributed by atoms with Crippen LogP contribution < -0.4 is 5.43 Å². The first-order valence-corrected chi connectivity index (χ1v) is 12.5. The van der Waals surface area contributed by atoms with Crippen molar-refractivity contribution < 1.29 is 38.4 Å². The van der Waals surface area contributed by atoms with Gasteiger partial charge < -0.3 is 28.8 Å². The summed E-state index contributed by atoms with van der Waals surface area (Å²) in [5, 5.41) is 9.76. The Kier molecular flexibility index (Phi) is 10.7. The second-order valence-corrected chi connectivity index (χ2v) is 9.23. The maximum atomic E-state index is 12.9. The molecule has 2 unspecified atom stereocenters. The van der Waals surface area contributed by atoms with Gasteiger partial charge in [-0.1, -0.05) is 18.7 Å². The Morgan fingerprint density at radius 2 is 1.73 bits per heavy atom. The molecule has 0 amide bonds. The van der Waals surface area contributed by atoms with Gasteiger partial charge in [-0.3, -0.25) is 4.79 Å². The Morgan fingerprint density at radius 3 is 2.49 bits per heavy atom. The third-order valence-corrected chi connectivity index (χ3v) is 6.31. The molecule has 0 spiro atoms. The highest BCUT2D eigenvalue weighted by Crippen LogP contribution is 2.25. The molecule has 10 heteroatoms. The molecule has 2 atom stereocenters. The van der Waals surface area contributed by atoms with Crippen LogP contribution in [0.4, 0.5) is 0 Å². The molecule has 1 heterocycles. The van der Waals surface area contributed by atoms with E-state index in [2.05, 4.69) is 6.58 Å². The van der Waals surface area contributed by atoms with E-state index in [1.807, 2.05) is 12.1 Å². The Morgan fingerprint density at radius 1 is 1.00 bits per heavy atom. The molecule has 0 aliphatic heterocycles. The molecule has 0 saturated carbocycles. The summed E-state index contributed by atoms with van der Waals surface area (Å²) in [7, 11) is 0. The number of esters is 2. The summed E-state index contributed by atoms with van der Waals surface area (Å²) < 4.78 is 28.6. The van der Waals surface area contributed by atoms with Crippen molar-refractivity contribution in [2.75, 3.05) is 39.6 Å². The van der Waals surface area contributed by atoms with E-state index in [1.165, 1.54) is 24.3 Å². The summed E-state index contributed by atoms with van der Waals surface area (Å²) in [5.74, 6) is -1.25. The van der Waals surface area contributed by atoms with Gasteiger partial charge in [0.1, 0.15) is 19.3 Å². The molecule has 2 aromatic carbocycles. The zero-order chi connectivity index (χ0) is 26.8. The average molecular weight is 531 g/mol. The summed E-state index contributed by atoms with van der Waals surface area (Å²) in [5.41, 5.74) is 0.287. The van der Waals surface area contributed by atoms with Crippen LogP contribution in [0.3, 0.4) is 0 Å². The van der Waals surface area contributed by atoms with Crippen molar-refractivity contribution in [1.82, 2.24) is 0 Å². The summed E-state index contributed by atoms with van der Waals surface area (Å²) in [6.45, 7) is 6.88. The van der Waals surface area contributed by atoms with Crippen molar-refractivity contribution in [1.29, 1.82) is 0 Å². The second-order valence-electron chi connectivity index (χ2n) is 8.15. The van der Waals surface area contributed by atoms with Gasteiger partial charge in [-0.2, -0.15) is 0 Å². The van der Waals surface area contributed by atoms with E-state index in [1.54, 1.807) is 31.2 Å². The quantitative estimate of drug-likeness (QED) is 0.110. The summed E-state index contributed by atoms with van der Waals surface area (Å²) in [4.78, 5) is 37.6. The number of ether oxygens (including phenoxy) is 5. The number of carbonyl (C=O) groups excluding carboxylic acids is 2. The van der Waals surface area contributed by atoms with Gasteiger partial charge in [0.2, 0.25) is 0 Å². The maximum Gasteiger partial charge on any atom is 0.338 e. The van der Waals surface area contributed by atoms with Gasteiger partial charge in [-0.25, -0.2) is 9.59 Å². The minimum Gasteiger partial charge on any atom is -0.459 e. The number of aliphatic hydroxyl groups excluding tert-OH is 1. The van der Waals surface area contributed by atoms with E-state index in [9.17, 15) is 14.4 Å². The van der Waals surface area contributed by atoms with Crippen molar-refractivity contribution >= 4 is 43.4 Å². The van der Waals surface area contributed by atoms with Crippen LogP contribution in [0, 0.1) is 0 Å². The summed E-state index contributed by atoms with van der Waals surface area (Å²) >= 11 is 1.47. The first-order chi connectivity index (χ1) is 17.8. The Bertz CT molecular complexity index is 1300. The fourth-order valence-corrected chi connectivity index (χ4v) is 4.40. The molecule has 37 heavy (non-hydrogen) atoms. The van der Waals surface area contributed by atoms with Crippen LogP contribution in [0.15, 0.2) is 59.4 Å². The van der Waals surface area contributed by atoms with Gasteiger partial charge in [0.15, 0.2) is 11.7 Å². The van der Waals surface area contributed by atoms with Crippen LogP contribution in [0.1, 0.15) is 24.2 Å². The van der Waals surface area contributed by atoms with Gasteiger partial charge in [-0.05, 0) is 44.2 Å². The molecule has 198 valence electrons. The first-order valence-electron chi connectivity index (χ1n) is 11.7. The topological polar surface area (TPSA) is 118 Å². The lowest BCUT2D eigenvalue weighted by Gasteiger charge is -2.22. The predicted molar refractivity (Wildman–Crippen MR) is 140 cm³/mol. The normalized spacial score (nSPS) is 12.8. The average Bonchev–Trinajstić information content (AvgIpc) is 2.89. The van der Waals surface area contributed by atoms with Crippen LogP contribution in [0.25, 0.3) is 20.2 Å². The standard InChI is InChI=1S/C27H30O9S/c1-17(2)26(30)34-15-20(36-18(3)33-13-12-32-11-10-28)16-35-27(31)19-8-9-24-22(14-19)25(29)21-6-4-5-7-23(21)37-24/h4-9,14,18,20,28H,1,10-13,15-16H2,2-3H3. The SMILES string of the molecule is C=C(C)C(=O)OCC(COC(=O)c1ccc2sc3ccccc3c(=O)c2c1)OC(C)OCCOCCO. The first kappa shape index (κ1) is 28.4. The molecule has 0 fully saturated rings. The monoisotopic (exact) mass is 530 g/mol. The molecule has 3 rings (SSSR count). The molecular weight excluding hydrogens is 500 g/mol. The third-order valence-electron chi connectivity index (χ3n) is 5.16. The highest BCUT2D eigenvalue weighted by molar-refractivity contribution is 7.24. The molecule has 0 aliphatic carbocycles. The van der Waals surface area contributed by atoms with Gasteiger partial charge in [0.05, 0.1) is 32.0 Å². The number of hydrogen-bond acceptors (Lipinski definition) is 10. The van der Waals surface area contributed by atoms with Gasteiger partial charge in [-0.15, -0.1) is 11.3 Å². The highest BCUT2D eigenvalue weighted by atomic mass is 32.1. The zero-order valence-electron chi connectivity index (χ0n) is 20.8. The van der Waals surface area contributed by atoms with Crippen molar-refractivity contribution in [2.45, 2.75) is 26.2 Å². The van der Waals surface area contributed by atoms with E-state index >= 15 is 0 Å². The third kappa shape index (κ3) is 8.17. The zero-order valence-corrected chi connectivity index (χ0v) is 21.6. The lowest BCUT2D eigenvalue weighted by Crippen LogP contribution is -2.33. The van der Waals surface area contributed by atoms with Crippen molar-refractivity contribution in [3.05, 3.63) is 70.4 Å². The number of aliphatic hydroxyl groups is 1. The summed E-state index contributed by atoms with van der Waals surface area (Å²) in [6.07, 6.45) is -1.54. The molecule has 0 saturated heterocycles. The van der Waals surface area contributed by atoms with Crippen LogP contribution in [0.2, 0.25) is 0 Å². The predicted octanol–water partition coefficient (Wildman–Crippen LogP) is 3.45. The molecule has 1 aromatic heterocycles. The highest BCUT2D eigenvalue weighted by Gasteiger charge is 2.20. The molecule has 0 aliphatic rings. The maximum absolute atomic E-state index is 12.9. The largest absolute Gasteiger partial charge is 0.459 e. The minimum absolute atomic E-state index is 0.0852. The van der Waals surface area contributed by atoms with Crippen LogP contribution in [-0.4, -0.2) is 69.1 Å². The van der Waals surface area contributed by atoms with E-state index < -0.39 is 24.3 Å². The van der Waals surface area contributed by atoms with Gasteiger partial charge in [0, 0.05) is 25.7 Å². The van der Waals surface area contributed by atoms with E-state index in [-0.39, 0.29) is 56.2 Å². The molecule has 9 nitrogen and oxygen atoms in total. The van der Waals surface area contributed by atoms with Crippen LogP contribution in [-0.2, 0) is 28.5 Å². The molecule has 0 bridgehead atoms. The minimum atomic E-state index is -0.817. The van der Waals surface area contributed by atoms with Gasteiger partial charge >= 0.3 is 11.9 Å². The number of hydrogen-bond donors (Lipinski definition) is 1. The van der Waals surface area contributed by atoms with E-state index in [0.717, 1.165) is 9.40 Å². The molecule has 0 radical (unpaired) electrons. The Hall–Kier alpha value is -3.15. The van der Waals surface area contributed by atoms with Crippen LogP contribution >= 0.6 is 11.3 Å². The fourth-order valence-electron chi connectivity index (χ4n) is 3.35. The lowest BCUT2D eigenvalue weighted by atomic mass is 10.1. The number of fused-ring (bicyclic) bond motifs is 2. The molecule has 3 aromatic rings. The summed E-state index contributed by atoms with van der Waals surface area (Å²) in [6, 6.07) is 12.2. The van der Waals surface area contributed by atoms with Crippen molar-refractivity contribution in [3.63, 3.8) is 0 Å².